The summed E-state index contributed by atoms with van der Waals surface area (Å²) in [4.78, 5) is 27.9. The SMILES string of the molecule is CCOc1cc([C@@H](C)N(CCO[C@H](C)c2ccccc2)C(=O)NC2(C(O)O)CC(OC)C2)cc(OCC)c1C(C)=O. The van der Waals surface area contributed by atoms with Crippen LogP contribution in [-0.2, 0) is 9.47 Å². The van der Waals surface area contributed by atoms with Crippen molar-refractivity contribution in [2.45, 2.75) is 77.5 Å². The predicted molar refractivity (Wildman–Crippen MR) is 154 cm³/mol. The first-order valence-corrected chi connectivity index (χ1v) is 14.2. The number of rotatable bonds is 15. The molecule has 1 saturated carbocycles. The van der Waals surface area contributed by atoms with Crippen molar-refractivity contribution in [2.75, 3.05) is 33.5 Å². The van der Waals surface area contributed by atoms with Crippen molar-refractivity contribution in [1.29, 1.82) is 0 Å². The summed E-state index contributed by atoms with van der Waals surface area (Å²) in [6.07, 6.45) is -1.59. The summed E-state index contributed by atoms with van der Waals surface area (Å²) in [7, 11) is 1.55. The van der Waals surface area contributed by atoms with E-state index in [-0.39, 0.29) is 44.0 Å². The number of benzene rings is 2. The van der Waals surface area contributed by atoms with Gasteiger partial charge in [-0.25, -0.2) is 4.79 Å². The van der Waals surface area contributed by atoms with E-state index in [9.17, 15) is 19.8 Å². The van der Waals surface area contributed by atoms with Crippen molar-refractivity contribution < 1.29 is 38.7 Å². The van der Waals surface area contributed by atoms with E-state index in [0.29, 0.717) is 35.8 Å². The molecule has 2 aromatic carbocycles. The standard InChI is InChI=1S/C31H44N2O8/c1-7-39-26-16-24(17-27(40-8-2)28(26)21(4)34)20(3)33(14-15-41-22(5)23-12-10-9-11-13-23)30(37)32-31(29(35)36)18-25(19-31)38-6/h9-13,16-17,20,22,25,29,35-36H,7-8,14-15,18-19H2,1-6H3,(H,32,37)/t20-,22-,25?,31?/m1/s1. The molecule has 10 nitrogen and oxygen atoms in total. The second-order valence-electron chi connectivity index (χ2n) is 10.3. The van der Waals surface area contributed by atoms with Crippen LogP contribution in [0.2, 0.25) is 0 Å². The lowest BCUT2D eigenvalue weighted by Crippen LogP contribution is -2.68. The fraction of sp³-hybridized carbons (Fsp3) is 0.548. The zero-order valence-electron chi connectivity index (χ0n) is 24.9. The van der Waals surface area contributed by atoms with E-state index >= 15 is 0 Å². The highest BCUT2D eigenvalue weighted by Gasteiger charge is 2.51. The third kappa shape index (κ3) is 7.77. The summed E-state index contributed by atoms with van der Waals surface area (Å²) in [5.74, 6) is 0.572. The van der Waals surface area contributed by atoms with Crippen molar-refractivity contribution in [2.24, 2.45) is 0 Å². The maximum absolute atomic E-state index is 13.8. The van der Waals surface area contributed by atoms with Crippen molar-refractivity contribution in [1.82, 2.24) is 10.2 Å². The highest BCUT2D eigenvalue weighted by Crippen LogP contribution is 2.38. The topological polar surface area (TPSA) is 127 Å². The first kappa shape index (κ1) is 32.3. The van der Waals surface area contributed by atoms with E-state index in [1.807, 2.05) is 58.0 Å². The number of hydrogen-bond donors (Lipinski definition) is 3. The molecule has 0 bridgehead atoms. The fourth-order valence-corrected chi connectivity index (χ4v) is 5.12. The van der Waals surface area contributed by atoms with Gasteiger partial charge in [0.05, 0.1) is 43.6 Å². The van der Waals surface area contributed by atoms with Crippen LogP contribution in [0.25, 0.3) is 0 Å². The van der Waals surface area contributed by atoms with E-state index in [1.54, 1.807) is 24.1 Å². The van der Waals surface area contributed by atoms with E-state index < -0.39 is 23.9 Å². The molecule has 3 rings (SSSR count). The molecule has 0 radical (unpaired) electrons. The normalized spacial score (nSPS) is 19.7. The molecule has 1 fully saturated rings. The van der Waals surface area contributed by atoms with Crippen molar-refractivity contribution in [3.8, 4) is 11.5 Å². The van der Waals surface area contributed by atoms with Crippen molar-refractivity contribution >= 4 is 11.8 Å². The number of aliphatic hydroxyl groups is 2. The minimum atomic E-state index is -1.76. The first-order chi connectivity index (χ1) is 19.6. The third-order valence-corrected chi connectivity index (χ3v) is 7.59. The van der Waals surface area contributed by atoms with E-state index in [4.69, 9.17) is 18.9 Å². The Labute approximate surface area is 242 Å². The Balaban J connectivity index is 1.92. The van der Waals surface area contributed by atoms with Gasteiger partial charge in [-0.3, -0.25) is 4.79 Å². The number of hydrogen-bond acceptors (Lipinski definition) is 8. The smallest absolute Gasteiger partial charge is 0.318 e. The molecule has 2 amide bonds. The van der Waals surface area contributed by atoms with Crippen LogP contribution in [0.4, 0.5) is 4.79 Å². The lowest BCUT2D eigenvalue weighted by molar-refractivity contribution is -0.168. The maximum atomic E-state index is 13.8. The summed E-state index contributed by atoms with van der Waals surface area (Å²) in [5, 5.41) is 23.2. The molecule has 0 heterocycles. The Morgan fingerprint density at radius 1 is 1.02 bits per heavy atom. The molecule has 0 spiro atoms. The second-order valence-corrected chi connectivity index (χ2v) is 10.3. The van der Waals surface area contributed by atoms with Crippen LogP contribution in [0.1, 0.15) is 81.1 Å². The van der Waals surface area contributed by atoms with Crippen molar-refractivity contribution in [3.63, 3.8) is 0 Å². The number of amides is 2. The lowest BCUT2D eigenvalue weighted by Gasteiger charge is -2.49. The monoisotopic (exact) mass is 572 g/mol. The quantitative estimate of drug-likeness (QED) is 0.212. The van der Waals surface area contributed by atoms with Gasteiger partial charge in [0.2, 0.25) is 0 Å². The van der Waals surface area contributed by atoms with Crippen LogP contribution < -0.4 is 14.8 Å². The number of ether oxygens (including phenoxy) is 4. The molecule has 3 N–H and O–H groups in total. The fourth-order valence-electron chi connectivity index (χ4n) is 5.12. The Hall–Kier alpha value is -3.18. The number of Topliss-reactive ketones (excluding diaryl/α,β-unsaturated/α-hetero) is 1. The van der Waals surface area contributed by atoms with E-state index in [2.05, 4.69) is 5.32 Å². The summed E-state index contributed by atoms with van der Waals surface area (Å²) in [5.41, 5.74) is 0.832. The number of aliphatic hydroxyl groups excluding tert-OH is 1. The Bertz CT molecular complexity index is 1120. The number of methoxy groups -OCH3 is 1. The third-order valence-electron chi connectivity index (χ3n) is 7.59. The van der Waals surface area contributed by atoms with Crippen LogP contribution in [0.15, 0.2) is 42.5 Å². The Kier molecular flexibility index (Phi) is 11.5. The van der Waals surface area contributed by atoms with Gasteiger partial charge in [-0.15, -0.1) is 0 Å². The molecule has 0 unspecified atom stereocenters. The van der Waals surface area contributed by atoms with Gasteiger partial charge in [0.15, 0.2) is 12.1 Å². The Morgan fingerprint density at radius 3 is 2.10 bits per heavy atom. The number of urea groups is 1. The van der Waals surface area contributed by atoms with Crippen molar-refractivity contribution in [3.05, 3.63) is 59.2 Å². The largest absolute Gasteiger partial charge is 0.493 e. The summed E-state index contributed by atoms with van der Waals surface area (Å²) < 4.78 is 23.0. The van der Waals surface area contributed by atoms with Crippen LogP contribution in [0.5, 0.6) is 11.5 Å². The molecular weight excluding hydrogens is 528 g/mol. The van der Waals surface area contributed by atoms with Gasteiger partial charge in [0.1, 0.15) is 17.1 Å². The van der Waals surface area contributed by atoms with Crippen LogP contribution in [0, 0.1) is 0 Å². The summed E-state index contributed by atoms with van der Waals surface area (Å²) in [6, 6.07) is 12.3. The van der Waals surface area contributed by atoms with Crippen LogP contribution >= 0.6 is 0 Å². The molecule has 10 heteroatoms. The maximum Gasteiger partial charge on any atom is 0.318 e. The van der Waals surface area contributed by atoms with E-state index in [0.717, 1.165) is 5.56 Å². The van der Waals surface area contributed by atoms with Gasteiger partial charge >= 0.3 is 6.03 Å². The highest BCUT2D eigenvalue weighted by molar-refractivity contribution is 5.99. The highest BCUT2D eigenvalue weighted by atomic mass is 16.5. The number of carbonyl (C=O) groups is 2. The molecule has 2 aromatic rings. The molecule has 0 saturated heterocycles. The zero-order chi connectivity index (χ0) is 30.2. The number of ketones is 1. The molecule has 0 aliphatic heterocycles. The average Bonchev–Trinajstić information content (AvgIpc) is 2.92. The van der Waals surface area contributed by atoms with Gasteiger partial charge in [0, 0.05) is 26.5 Å². The molecule has 226 valence electrons. The molecule has 0 aromatic heterocycles. The first-order valence-electron chi connectivity index (χ1n) is 14.2. The molecule has 2 atom stereocenters. The lowest BCUT2D eigenvalue weighted by atomic mass is 9.73. The van der Waals surface area contributed by atoms with Gasteiger partial charge in [0.25, 0.3) is 0 Å². The van der Waals surface area contributed by atoms with Gasteiger partial charge in [-0.2, -0.15) is 0 Å². The predicted octanol–water partition coefficient (Wildman–Crippen LogP) is 4.40. The second kappa shape index (κ2) is 14.6. The number of carbonyl (C=O) groups excluding carboxylic acids is 2. The van der Waals surface area contributed by atoms with Crippen LogP contribution in [0.3, 0.4) is 0 Å². The van der Waals surface area contributed by atoms with Crippen LogP contribution in [-0.4, -0.2) is 78.3 Å². The van der Waals surface area contributed by atoms with Gasteiger partial charge < -0.3 is 39.4 Å². The molecule has 41 heavy (non-hydrogen) atoms. The van der Waals surface area contributed by atoms with Gasteiger partial charge in [-0.05, 0) is 57.9 Å². The molecule has 1 aliphatic rings. The minimum absolute atomic E-state index is 0.181. The number of nitrogens with one attached hydrogen (secondary N) is 1. The minimum Gasteiger partial charge on any atom is -0.493 e. The average molecular weight is 573 g/mol. The molecule has 1 aliphatic carbocycles. The number of nitrogens with zero attached hydrogens (tertiary/aromatic N) is 1. The summed E-state index contributed by atoms with van der Waals surface area (Å²) >= 11 is 0. The molecular formula is C31H44N2O8. The summed E-state index contributed by atoms with van der Waals surface area (Å²) in [6.45, 7) is 10.0. The van der Waals surface area contributed by atoms with E-state index in [1.165, 1.54) is 6.92 Å². The zero-order valence-corrected chi connectivity index (χ0v) is 24.9. The van der Waals surface area contributed by atoms with Gasteiger partial charge in [-0.1, -0.05) is 30.3 Å². The Morgan fingerprint density at radius 2 is 1.61 bits per heavy atom.